The molecule has 0 aliphatic rings. The van der Waals surface area contributed by atoms with Crippen molar-refractivity contribution in [3.63, 3.8) is 0 Å². The lowest BCUT2D eigenvalue weighted by molar-refractivity contribution is 1.08. The summed E-state index contributed by atoms with van der Waals surface area (Å²) in [6.45, 7) is 0. The third kappa shape index (κ3) is 3.54. The molecule has 0 atom stereocenters. The molecule has 0 spiro atoms. The molecule has 4 nitrogen and oxygen atoms in total. The quantitative estimate of drug-likeness (QED) is 0.181. The minimum Gasteiger partial charge on any atom is -0.307 e. The lowest BCUT2D eigenvalue weighted by Crippen LogP contribution is -2.02. The van der Waals surface area contributed by atoms with Gasteiger partial charge in [0.15, 0.2) is 11.6 Å². The van der Waals surface area contributed by atoms with E-state index in [0.717, 1.165) is 32.9 Å². The Morgan fingerprint density at radius 2 is 1.09 bits per heavy atom. The van der Waals surface area contributed by atoms with Crippen molar-refractivity contribution in [2.75, 3.05) is 0 Å². The van der Waals surface area contributed by atoms with Gasteiger partial charge < -0.3 is 4.40 Å². The molecule has 0 saturated heterocycles. The fourth-order valence-corrected chi connectivity index (χ4v) is 10.3. The molecule has 8 aromatic carbocycles. The van der Waals surface area contributed by atoms with Gasteiger partial charge in [0, 0.05) is 53.4 Å². The minimum absolute atomic E-state index is 0.731. The van der Waals surface area contributed by atoms with Gasteiger partial charge in [-0.2, -0.15) is 0 Å². The molecule has 0 saturated carbocycles. The molecule has 0 amide bonds. The van der Waals surface area contributed by atoms with Crippen LogP contribution in [-0.2, 0) is 0 Å². The second kappa shape index (κ2) is 9.94. The van der Waals surface area contributed by atoms with Crippen LogP contribution in [0.3, 0.4) is 0 Å². The van der Waals surface area contributed by atoms with E-state index in [1.54, 1.807) is 11.3 Å². The SMILES string of the molecule is c1ccc2cc(-c3nc(-n4c5ccccc5c5cc6c7ccc8ccccc8c7n7c8ccccc8c(c54)c67)c4c(n3)sc3ccccc34)ccc2c1. The van der Waals surface area contributed by atoms with Crippen LogP contribution in [0.5, 0.6) is 0 Å². The molecule has 53 heavy (non-hydrogen) atoms. The number of benzene rings is 8. The highest BCUT2D eigenvalue weighted by atomic mass is 32.1. The Bertz CT molecular complexity index is 3700. The number of nitrogens with zero attached hydrogens (tertiary/aromatic N) is 4. The maximum Gasteiger partial charge on any atom is 0.163 e. The normalized spacial score (nSPS) is 12.5. The zero-order valence-electron chi connectivity index (χ0n) is 28.2. The van der Waals surface area contributed by atoms with Gasteiger partial charge in [-0.3, -0.25) is 4.57 Å². The van der Waals surface area contributed by atoms with E-state index < -0.39 is 0 Å². The molecule has 0 bridgehead atoms. The Labute approximate surface area is 305 Å². The first-order valence-electron chi connectivity index (χ1n) is 18.0. The Morgan fingerprint density at radius 1 is 0.415 bits per heavy atom. The predicted octanol–water partition coefficient (Wildman–Crippen LogP) is 13.1. The van der Waals surface area contributed by atoms with Gasteiger partial charge in [0.25, 0.3) is 0 Å². The summed E-state index contributed by atoms with van der Waals surface area (Å²) in [5, 5.41) is 14.7. The van der Waals surface area contributed by atoms with Gasteiger partial charge in [-0.15, -0.1) is 11.3 Å². The van der Waals surface area contributed by atoms with Crippen molar-refractivity contribution < 1.29 is 0 Å². The summed E-state index contributed by atoms with van der Waals surface area (Å²) in [6.07, 6.45) is 0. The standard InChI is InChI=1S/C48H26N4S/c1-2-13-29-25-30(22-21-27(29)11-1)46-49-47(42-35-17-7-10-20-40(35)53-48(42)50-46)52-38-18-8-5-15-32(38)36-26-37-33-24-23-28-12-3-4-14-31(28)43(33)51-39-19-9-6-16-34(39)41(44(37)51)45(36)52/h1-26H. The molecule has 0 N–H and O–H groups in total. The average Bonchev–Trinajstić information content (AvgIpc) is 3.95. The van der Waals surface area contributed by atoms with Crippen molar-refractivity contribution in [1.82, 2.24) is 18.9 Å². The zero-order chi connectivity index (χ0) is 34.4. The Morgan fingerprint density at radius 3 is 1.98 bits per heavy atom. The number of para-hydroxylation sites is 2. The van der Waals surface area contributed by atoms with E-state index in [0.29, 0.717) is 0 Å². The fourth-order valence-electron chi connectivity index (χ4n) is 9.20. The smallest absolute Gasteiger partial charge is 0.163 e. The highest BCUT2D eigenvalue weighted by Crippen LogP contribution is 2.48. The second-order valence-corrected chi connectivity index (χ2v) is 15.2. The number of hydrogen-bond donors (Lipinski definition) is 0. The molecule has 0 fully saturated rings. The lowest BCUT2D eigenvalue weighted by atomic mass is 10.0. The van der Waals surface area contributed by atoms with Crippen LogP contribution in [-0.4, -0.2) is 18.9 Å². The van der Waals surface area contributed by atoms with E-state index in [-0.39, 0.29) is 0 Å². The van der Waals surface area contributed by atoms with Crippen LogP contribution >= 0.6 is 11.3 Å². The fraction of sp³-hybridized carbons (Fsp3) is 0. The van der Waals surface area contributed by atoms with Crippen molar-refractivity contribution in [1.29, 1.82) is 0 Å². The molecular weight excluding hydrogens is 665 g/mol. The Kier molecular flexibility index (Phi) is 5.22. The highest BCUT2D eigenvalue weighted by Gasteiger charge is 2.27. The number of thiophene rings is 1. The van der Waals surface area contributed by atoms with Crippen molar-refractivity contribution in [2.24, 2.45) is 0 Å². The van der Waals surface area contributed by atoms with Crippen LogP contribution in [0.1, 0.15) is 0 Å². The lowest BCUT2D eigenvalue weighted by Gasteiger charge is -2.12. The molecule has 244 valence electrons. The second-order valence-electron chi connectivity index (χ2n) is 14.1. The average molecular weight is 691 g/mol. The van der Waals surface area contributed by atoms with E-state index in [2.05, 4.69) is 167 Å². The Balaban J connectivity index is 1.27. The van der Waals surface area contributed by atoms with Gasteiger partial charge >= 0.3 is 0 Å². The van der Waals surface area contributed by atoms with Crippen LogP contribution in [0.4, 0.5) is 0 Å². The van der Waals surface area contributed by atoms with Gasteiger partial charge in [0.05, 0.1) is 33.0 Å². The first-order chi connectivity index (χ1) is 26.3. The van der Waals surface area contributed by atoms with E-state index in [4.69, 9.17) is 9.97 Å². The first kappa shape index (κ1) is 27.8. The van der Waals surface area contributed by atoms with Gasteiger partial charge in [0.2, 0.25) is 0 Å². The van der Waals surface area contributed by atoms with Crippen LogP contribution < -0.4 is 0 Å². The molecule has 13 aromatic rings. The topological polar surface area (TPSA) is 35.1 Å². The van der Waals surface area contributed by atoms with Gasteiger partial charge in [-0.1, -0.05) is 127 Å². The molecule has 0 aliphatic heterocycles. The largest absolute Gasteiger partial charge is 0.307 e. The number of rotatable bonds is 2. The van der Waals surface area contributed by atoms with E-state index in [1.807, 2.05) is 0 Å². The van der Waals surface area contributed by atoms with Crippen molar-refractivity contribution >= 4 is 113 Å². The maximum absolute atomic E-state index is 5.61. The van der Waals surface area contributed by atoms with Gasteiger partial charge in [-0.25, -0.2) is 9.97 Å². The summed E-state index contributed by atoms with van der Waals surface area (Å²) >= 11 is 1.74. The molecule has 0 aliphatic carbocycles. The monoisotopic (exact) mass is 690 g/mol. The third-order valence-electron chi connectivity index (χ3n) is 11.4. The molecule has 5 aromatic heterocycles. The highest BCUT2D eigenvalue weighted by molar-refractivity contribution is 7.25. The van der Waals surface area contributed by atoms with Crippen molar-refractivity contribution in [2.45, 2.75) is 0 Å². The van der Waals surface area contributed by atoms with E-state index in [1.165, 1.54) is 86.0 Å². The van der Waals surface area contributed by atoms with Gasteiger partial charge in [0.1, 0.15) is 4.83 Å². The molecule has 0 unspecified atom stereocenters. The first-order valence-corrected chi connectivity index (χ1v) is 18.8. The van der Waals surface area contributed by atoms with E-state index >= 15 is 0 Å². The summed E-state index contributed by atoms with van der Waals surface area (Å²) in [6, 6.07) is 57.3. The van der Waals surface area contributed by atoms with Crippen LogP contribution in [0.15, 0.2) is 158 Å². The third-order valence-corrected chi connectivity index (χ3v) is 12.5. The molecule has 13 rings (SSSR count). The summed E-state index contributed by atoms with van der Waals surface area (Å²) in [5.74, 6) is 1.64. The minimum atomic E-state index is 0.731. The van der Waals surface area contributed by atoms with E-state index in [9.17, 15) is 0 Å². The summed E-state index contributed by atoms with van der Waals surface area (Å²) < 4.78 is 6.18. The van der Waals surface area contributed by atoms with Crippen molar-refractivity contribution in [3.8, 4) is 17.2 Å². The Hall–Kier alpha value is -6.82. The van der Waals surface area contributed by atoms with Crippen LogP contribution in [0, 0.1) is 0 Å². The van der Waals surface area contributed by atoms with Crippen LogP contribution in [0.2, 0.25) is 0 Å². The van der Waals surface area contributed by atoms with Crippen LogP contribution in [0.25, 0.3) is 119 Å². The number of hydrogen-bond acceptors (Lipinski definition) is 3. The zero-order valence-corrected chi connectivity index (χ0v) is 29.0. The molecule has 5 heteroatoms. The molecular formula is C48H26N4S. The van der Waals surface area contributed by atoms with Gasteiger partial charge in [-0.05, 0) is 46.5 Å². The summed E-state index contributed by atoms with van der Waals surface area (Å²) in [4.78, 5) is 11.9. The number of fused-ring (bicyclic) bond motifs is 16. The predicted molar refractivity (Wildman–Crippen MR) is 224 cm³/mol. The molecule has 5 heterocycles. The molecule has 0 radical (unpaired) electrons. The summed E-state index contributed by atoms with van der Waals surface area (Å²) in [5.41, 5.74) is 7.06. The maximum atomic E-state index is 5.61. The van der Waals surface area contributed by atoms with Crippen molar-refractivity contribution in [3.05, 3.63) is 158 Å². The summed E-state index contributed by atoms with van der Waals surface area (Å²) in [7, 11) is 0. The number of aromatic nitrogens is 4.